The second-order valence-electron chi connectivity index (χ2n) is 3.82. The van der Waals surface area contributed by atoms with Crippen molar-refractivity contribution in [2.75, 3.05) is 0 Å². The minimum absolute atomic E-state index is 0.209. The van der Waals surface area contributed by atoms with Gasteiger partial charge >= 0.3 is 0 Å². The maximum atomic E-state index is 11.7. The van der Waals surface area contributed by atoms with Crippen LogP contribution < -0.4 is 0 Å². The normalized spacial score (nSPS) is 13.6. The van der Waals surface area contributed by atoms with E-state index in [4.69, 9.17) is 0 Å². The Morgan fingerprint density at radius 2 is 2.19 bits per heavy atom. The molecule has 0 N–H and O–H groups in total. The molecule has 0 saturated heterocycles. The van der Waals surface area contributed by atoms with Crippen LogP contribution in [0.15, 0.2) is 18.2 Å². The summed E-state index contributed by atoms with van der Waals surface area (Å²) in [7, 11) is 0. The zero-order valence-corrected chi connectivity index (χ0v) is 8.95. The first-order valence-electron chi connectivity index (χ1n) is 5.40. The van der Waals surface area contributed by atoms with Gasteiger partial charge in [-0.05, 0) is 30.5 Å². The van der Waals surface area contributed by atoms with Crippen molar-refractivity contribution in [1.82, 2.24) is 0 Å². The third kappa shape index (κ3) is 2.20. The van der Waals surface area contributed by atoms with Gasteiger partial charge in [0, 0.05) is 17.5 Å². The van der Waals surface area contributed by atoms with Gasteiger partial charge in [-0.1, -0.05) is 17.9 Å². The van der Waals surface area contributed by atoms with Gasteiger partial charge in [-0.15, -0.1) is 0 Å². The minimum atomic E-state index is 0.209. The van der Waals surface area contributed by atoms with Crippen LogP contribution in [0.3, 0.4) is 0 Å². The predicted octanol–water partition coefficient (Wildman–Crippen LogP) is 2.15. The summed E-state index contributed by atoms with van der Waals surface area (Å²) in [5.74, 6) is 5.84. The summed E-state index contributed by atoms with van der Waals surface area (Å²) >= 11 is 0. The molecule has 2 nitrogen and oxygen atoms in total. The van der Waals surface area contributed by atoms with Crippen molar-refractivity contribution < 1.29 is 9.59 Å². The molecule has 1 aromatic rings. The summed E-state index contributed by atoms with van der Waals surface area (Å²) in [4.78, 5) is 21.8. The third-order valence-electron chi connectivity index (χ3n) is 2.68. The van der Waals surface area contributed by atoms with E-state index in [0.29, 0.717) is 6.42 Å². The first kappa shape index (κ1) is 10.6. The van der Waals surface area contributed by atoms with Crippen LogP contribution in [-0.2, 0) is 11.2 Å². The van der Waals surface area contributed by atoms with Gasteiger partial charge in [-0.25, -0.2) is 0 Å². The van der Waals surface area contributed by atoms with Gasteiger partial charge in [-0.3, -0.25) is 4.79 Å². The highest BCUT2D eigenvalue weighted by Gasteiger charge is 2.16. The monoisotopic (exact) mass is 212 g/mol. The lowest BCUT2D eigenvalue weighted by Crippen LogP contribution is -2.10. The van der Waals surface area contributed by atoms with Crippen molar-refractivity contribution in [1.29, 1.82) is 0 Å². The Kier molecular flexibility index (Phi) is 3.16. The third-order valence-corrected chi connectivity index (χ3v) is 2.68. The summed E-state index contributed by atoms with van der Waals surface area (Å²) in [6, 6.07) is 5.72. The van der Waals surface area contributed by atoms with Crippen molar-refractivity contribution in [3.8, 4) is 11.8 Å². The van der Waals surface area contributed by atoms with Crippen molar-refractivity contribution in [3.05, 3.63) is 34.9 Å². The summed E-state index contributed by atoms with van der Waals surface area (Å²) in [6.07, 6.45) is 3.57. The van der Waals surface area contributed by atoms with Crippen LogP contribution in [0.5, 0.6) is 0 Å². The highest BCUT2D eigenvalue weighted by Crippen LogP contribution is 2.21. The molecule has 1 aromatic carbocycles. The van der Waals surface area contributed by atoms with E-state index in [1.165, 1.54) is 0 Å². The summed E-state index contributed by atoms with van der Waals surface area (Å²) in [5, 5.41) is 0. The molecule has 0 aromatic heterocycles. The highest BCUT2D eigenvalue weighted by atomic mass is 16.1. The van der Waals surface area contributed by atoms with Gasteiger partial charge in [0.2, 0.25) is 0 Å². The summed E-state index contributed by atoms with van der Waals surface area (Å²) in [6.45, 7) is 0. The van der Waals surface area contributed by atoms with Crippen LogP contribution in [-0.4, -0.2) is 12.1 Å². The zero-order chi connectivity index (χ0) is 11.4. The summed E-state index contributed by atoms with van der Waals surface area (Å²) in [5.41, 5.74) is 2.75. The Morgan fingerprint density at radius 3 is 3.00 bits per heavy atom. The van der Waals surface area contributed by atoms with E-state index in [0.717, 1.165) is 35.8 Å². The highest BCUT2D eigenvalue weighted by molar-refractivity contribution is 5.98. The molecule has 0 fully saturated rings. The fourth-order valence-electron chi connectivity index (χ4n) is 1.90. The lowest BCUT2D eigenvalue weighted by molar-refractivity contribution is -0.107. The molecular formula is C14H12O2. The molecule has 0 saturated carbocycles. The van der Waals surface area contributed by atoms with Crippen LogP contribution in [0.1, 0.15) is 40.7 Å². The SMILES string of the molecule is O=CCC#Cc1ccc2c(c1)C(=O)CCC2. The number of aldehydes is 1. The second kappa shape index (κ2) is 4.76. The largest absolute Gasteiger partial charge is 0.302 e. The molecule has 2 rings (SSSR count). The Morgan fingerprint density at radius 1 is 1.31 bits per heavy atom. The lowest BCUT2D eigenvalue weighted by atomic mass is 9.89. The van der Waals surface area contributed by atoms with Crippen LogP contribution in [0.25, 0.3) is 0 Å². The molecule has 0 unspecified atom stereocenters. The maximum absolute atomic E-state index is 11.7. The van der Waals surface area contributed by atoms with Crippen LogP contribution in [0, 0.1) is 11.8 Å². The molecule has 0 radical (unpaired) electrons. The first-order valence-corrected chi connectivity index (χ1v) is 5.40. The molecule has 2 heteroatoms. The zero-order valence-electron chi connectivity index (χ0n) is 8.95. The van der Waals surface area contributed by atoms with Gasteiger partial charge in [0.05, 0.1) is 6.42 Å². The van der Waals surface area contributed by atoms with Gasteiger partial charge < -0.3 is 4.79 Å². The summed E-state index contributed by atoms with van der Waals surface area (Å²) < 4.78 is 0. The topological polar surface area (TPSA) is 34.1 Å². The molecule has 0 bridgehead atoms. The van der Waals surface area contributed by atoms with E-state index in [1.54, 1.807) is 0 Å². The van der Waals surface area contributed by atoms with Crippen LogP contribution in [0.4, 0.5) is 0 Å². The standard InChI is InChI=1S/C14H12O2/c15-9-2-1-4-11-7-8-12-5-3-6-14(16)13(12)10-11/h7-10H,2-3,5-6H2. The number of fused-ring (bicyclic) bond motifs is 1. The van der Waals surface area contributed by atoms with E-state index in [9.17, 15) is 9.59 Å². The number of Topliss-reactive ketones (excluding diaryl/α,β-unsaturated/α-hetero) is 1. The minimum Gasteiger partial charge on any atom is -0.302 e. The fraction of sp³-hybridized carbons (Fsp3) is 0.286. The number of aryl methyl sites for hydroxylation is 1. The van der Waals surface area contributed by atoms with E-state index in [-0.39, 0.29) is 12.2 Å². The number of rotatable bonds is 1. The number of carbonyl (C=O) groups is 2. The van der Waals surface area contributed by atoms with Gasteiger partial charge in [0.25, 0.3) is 0 Å². The van der Waals surface area contributed by atoms with E-state index >= 15 is 0 Å². The molecule has 0 atom stereocenters. The first-order chi connectivity index (χ1) is 7.81. The Hall–Kier alpha value is -1.88. The molecule has 16 heavy (non-hydrogen) atoms. The van der Waals surface area contributed by atoms with Crippen LogP contribution >= 0.6 is 0 Å². The van der Waals surface area contributed by atoms with Crippen molar-refractivity contribution in [2.24, 2.45) is 0 Å². The predicted molar refractivity (Wildman–Crippen MR) is 61.3 cm³/mol. The fourth-order valence-corrected chi connectivity index (χ4v) is 1.90. The molecule has 1 aliphatic rings. The molecule has 0 aliphatic heterocycles. The van der Waals surface area contributed by atoms with Crippen molar-refractivity contribution in [2.45, 2.75) is 25.7 Å². The number of hydrogen-bond acceptors (Lipinski definition) is 2. The number of ketones is 1. The molecular weight excluding hydrogens is 200 g/mol. The number of hydrogen-bond donors (Lipinski definition) is 0. The molecule has 0 heterocycles. The van der Waals surface area contributed by atoms with Crippen molar-refractivity contribution >= 4 is 12.1 Å². The van der Waals surface area contributed by atoms with Gasteiger partial charge in [0.1, 0.15) is 6.29 Å². The molecule has 0 spiro atoms. The Balaban J connectivity index is 2.31. The molecule has 80 valence electrons. The number of benzene rings is 1. The lowest BCUT2D eigenvalue weighted by Gasteiger charge is -2.14. The Labute approximate surface area is 94.7 Å². The van der Waals surface area contributed by atoms with E-state index < -0.39 is 0 Å². The van der Waals surface area contributed by atoms with Crippen LogP contribution in [0.2, 0.25) is 0 Å². The van der Waals surface area contributed by atoms with Gasteiger partial charge in [0.15, 0.2) is 5.78 Å². The molecule has 0 amide bonds. The smallest absolute Gasteiger partial charge is 0.163 e. The Bertz CT molecular complexity index is 489. The quantitative estimate of drug-likeness (QED) is 0.528. The van der Waals surface area contributed by atoms with Gasteiger partial charge in [-0.2, -0.15) is 0 Å². The van der Waals surface area contributed by atoms with E-state index in [1.807, 2.05) is 18.2 Å². The average molecular weight is 212 g/mol. The van der Waals surface area contributed by atoms with E-state index in [2.05, 4.69) is 11.8 Å². The number of carbonyl (C=O) groups excluding carboxylic acids is 2. The average Bonchev–Trinajstić information content (AvgIpc) is 2.30. The second-order valence-corrected chi connectivity index (χ2v) is 3.82. The van der Waals surface area contributed by atoms with Crippen molar-refractivity contribution in [3.63, 3.8) is 0 Å². The molecule has 1 aliphatic carbocycles. The maximum Gasteiger partial charge on any atom is 0.163 e.